The van der Waals surface area contributed by atoms with Gasteiger partial charge in [-0.2, -0.15) is 0 Å². The fraction of sp³-hybridized carbons (Fsp3) is 0.800. The van der Waals surface area contributed by atoms with Gasteiger partial charge < -0.3 is 24.3 Å². The molecule has 2 unspecified atom stereocenters. The highest BCUT2D eigenvalue weighted by atomic mass is 127. The third-order valence-electron chi connectivity index (χ3n) is 4.43. The van der Waals surface area contributed by atoms with Crippen LogP contribution in [0.3, 0.4) is 0 Å². The first-order chi connectivity index (χ1) is 11.3. The van der Waals surface area contributed by atoms with Crippen LogP contribution in [0.5, 0.6) is 0 Å². The van der Waals surface area contributed by atoms with Crippen molar-refractivity contribution < 1.29 is 9.47 Å². The van der Waals surface area contributed by atoms with Crippen molar-refractivity contribution >= 4 is 29.9 Å². The average Bonchev–Trinajstić information content (AvgIpc) is 3.27. The van der Waals surface area contributed by atoms with Gasteiger partial charge in [0.15, 0.2) is 11.8 Å². The lowest BCUT2D eigenvalue weighted by atomic mass is 10.1. The number of aryl methyl sites for hydroxylation is 1. The van der Waals surface area contributed by atoms with Crippen molar-refractivity contribution in [3.05, 3.63) is 12.2 Å². The number of nitrogens with one attached hydrogen (secondary N) is 1. The molecule has 1 aromatic rings. The Morgan fingerprint density at radius 1 is 1.38 bits per heavy atom. The first kappa shape index (κ1) is 19.4. The molecule has 0 radical (unpaired) electrons. The lowest BCUT2D eigenvalue weighted by Crippen LogP contribution is -2.53. The fourth-order valence-electron chi connectivity index (χ4n) is 3.16. The molecule has 0 aliphatic carbocycles. The molecular formula is C15H27IN6O2. The molecule has 9 heteroatoms. The molecule has 2 aliphatic heterocycles. The molecule has 2 atom stereocenters. The number of hydrogen-bond acceptors (Lipinski definition) is 5. The van der Waals surface area contributed by atoms with E-state index in [-0.39, 0.29) is 36.2 Å². The minimum atomic E-state index is 0. The SMILES string of the molecule is CCn1cnnc1CNC(=NC)N1CCOC(C2CCCO2)C1.I. The van der Waals surface area contributed by atoms with E-state index in [1.807, 2.05) is 11.6 Å². The number of guanidine groups is 1. The molecule has 8 nitrogen and oxygen atoms in total. The highest BCUT2D eigenvalue weighted by Gasteiger charge is 2.32. The number of ether oxygens (including phenoxy) is 2. The summed E-state index contributed by atoms with van der Waals surface area (Å²) in [6, 6.07) is 0. The van der Waals surface area contributed by atoms with Crippen LogP contribution < -0.4 is 5.32 Å². The molecular weight excluding hydrogens is 423 g/mol. The second-order valence-electron chi connectivity index (χ2n) is 5.84. The van der Waals surface area contributed by atoms with E-state index in [1.165, 1.54) is 0 Å². The first-order valence-electron chi connectivity index (χ1n) is 8.37. The van der Waals surface area contributed by atoms with Crippen molar-refractivity contribution in [2.24, 2.45) is 4.99 Å². The van der Waals surface area contributed by atoms with E-state index in [0.717, 1.165) is 50.9 Å². The van der Waals surface area contributed by atoms with E-state index in [0.29, 0.717) is 13.2 Å². The lowest BCUT2D eigenvalue weighted by Gasteiger charge is -2.37. The molecule has 0 aromatic carbocycles. The van der Waals surface area contributed by atoms with Gasteiger partial charge in [-0.3, -0.25) is 4.99 Å². The van der Waals surface area contributed by atoms with Crippen molar-refractivity contribution in [2.45, 2.75) is 45.1 Å². The second kappa shape index (κ2) is 9.52. The van der Waals surface area contributed by atoms with Crippen LogP contribution in [-0.2, 0) is 22.6 Å². The number of halogens is 1. The summed E-state index contributed by atoms with van der Waals surface area (Å²) in [7, 11) is 1.81. The Labute approximate surface area is 160 Å². The van der Waals surface area contributed by atoms with Crippen LogP contribution in [0.1, 0.15) is 25.6 Å². The summed E-state index contributed by atoms with van der Waals surface area (Å²) in [4.78, 5) is 6.64. The lowest BCUT2D eigenvalue weighted by molar-refractivity contribution is -0.0817. The summed E-state index contributed by atoms with van der Waals surface area (Å²) in [6.45, 7) is 6.76. The summed E-state index contributed by atoms with van der Waals surface area (Å²) >= 11 is 0. The molecule has 2 fully saturated rings. The molecule has 24 heavy (non-hydrogen) atoms. The van der Waals surface area contributed by atoms with Gasteiger partial charge in [0.05, 0.1) is 19.3 Å². The van der Waals surface area contributed by atoms with Crippen LogP contribution in [0.25, 0.3) is 0 Å². The molecule has 0 saturated carbocycles. The monoisotopic (exact) mass is 450 g/mol. The zero-order chi connectivity index (χ0) is 16.1. The number of hydrogen-bond donors (Lipinski definition) is 1. The van der Waals surface area contributed by atoms with E-state index in [1.54, 1.807) is 6.33 Å². The Balaban J connectivity index is 0.00000208. The molecule has 0 amide bonds. The van der Waals surface area contributed by atoms with Crippen molar-refractivity contribution in [1.29, 1.82) is 0 Å². The minimum Gasteiger partial charge on any atom is -0.375 e. The van der Waals surface area contributed by atoms with Crippen LogP contribution >= 0.6 is 24.0 Å². The fourth-order valence-corrected chi connectivity index (χ4v) is 3.16. The van der Waals surface area contributed by atoms with E-state index in [2.05, 4.69) is 32.3 Å². The van der Waals surface area contributed by atoms with Gasteiger partial charge in [-0.15, -0.1) is 34.2 Å². The van der Waals surface area contributed by atoms with Gasteiger partial charge in [0.25, 0.3) is 0 Å². The maximum atomic E-state index is 5.90. The summed E-state index contributed by atoms with van der Waals surface area (Å²) in [5, 5.41) is 11.5. The van der Waals surface area contributed by atoms with Crippen LogP contribution in [0.2, 0.25) is 0 Å². The summed E-state index contributed by atoms with van der Waals surface area (Å²) in [5.74, 6) is 1.79. The number of nitrogens with zero attached hydrogens (tertiary/aromatic N) is 5. The first-order valence-corrected chi connectivity index (χ1v) is 8.37. The zero-order valence-electron chi connectivity index (χ0n) is 14.3. The van der Waals surface area contributed by atoms with Gasteiger partial charge in [0.1, 0.15) is 12.4 Å². The van der Waals surface area contributed by atoms with Crippen LogP contribution in [0.15, 0.2) is 11.3 Å². The quantitative estimate of drug-likeness (QED) is 0.417. The standard InChI is InChI=1S/C15H26N6O2.HI/c1-3-20-11-18-19-14(20)9-17-15(16-2)21-6-8-23-13(10-21)12-5-4-7-22-12;/h11-13H,3-10H2,1-2H3,(H,16,17);1H. The number of aliphatic imine (C=N–C) groups is 1. The maximum Gasteiger partial charge on any atom is 0.194 e. The van der Waals surface area contributed by atoms with Crippen molar-refractivity contribution in [2.75, 3.05) is 33.4 Å². The van der Waals surface area contributed by atoms with E-state index >= 15 is 0 Å². The van der Waals surface area contributed by atoms with Crippen molar-refractivity contribution in [3.63, 3.8) is 0 Å². The van der Waals surface area contributed by atoms with Crippen molar-refractivity contribution in [3.8, 4) is 0 Å². The summed E-state index contributed by atoms with van der Waals surface area (Å²) < 4.78 is 13.7. The molecule has 2 saturated heterocycles. The second-order valence-corrected chi connectivity index (χ2v) is 5.84. The Hall–Kier alpha value is -0.940. The highest BCUT2D eigenvalue weighted by Crippen LogP contribution is 2.21. The predicted molar refractivity (Wildman–Crippen MR) is 102 cm³/mol. The molecule has 1 N–H and O–H groups in total. The van der Waals surface area contributed by atoms with Crippen LogP contribution in [0, 0.1) is 0 Å². The molecule has 3 rings (SSSR count). The van der Waals surface area contributed by atoms with Crippen molar-refractivity contribution in [1.82, 2.24) is 25.0 Å². The average molecular weight is 450 g/mol. The third-order valence-corrected chi connectivity index (χ3v) is 4.43. The normalized spacial score (nSPS) is 24.8. The van der Waals surface area contributed by atoms with E-state index < -0.39 is 0 Å². The smallest absolute Gasteiger partial charge is 0.194 e. The van der Waals surface area contributed by atoms with E-state index in [9.17, 15) is 0 Å². The molecule has 2 aliphatic rings. The molecule has 0 bridgehead atoms. The topological polar surface area (TPSA) is 76.8 Å². The molecule has 3 heterocycles. The highest BCUT2D eigenvalue weighted by molar-refractivity contribution is 14.0. The Morgan fingerprint density at radius 3 is 2.92 bits per heavy atom. The maximum absolute atomic E-state index is 5.90. The molecule has 0 spiro atoms. The zero-order valence-corrected chi connectivity index (χ0v) is 16.7. The molecule has 136 valence electrons. The van der Waals surface area contributed by atoms with Gasteiger partial charge in [0, 0.05) is 33.3 Å². The summed E-state index contributed by atoms with van der Waals surface area (Å²) in [6.07, 6.45) is 4.32. The predicted octanol–water partition coefficient (Wildman–Crippen LogP) is 0.871. The van der Waals surface area contributed by atoms with E-state index in [4.69, 9.17) is 9.47 Å². The minimum absolute atomic E-state index is 0. The van der Waals surface area contributed by atoms with Crippen LogP contribution in [-0.4, -0.2) is 71.2 Å². The number of aromatic nitrogens is 3. The van der Waals surface area contributed by atoms with Crippen LogP contribution in [0.4, 0.5) is 0 Å². The summed E-state index contributed by atoms with van der Waals surface area (Å²) in [5.41, 5.74) is 0. The Bertz CT molecular complexity index is 532. The number of rotatable bonds is 4. The van der Waals surface area contributed by atoms with Gasteiger partial charge in [0.2, 0.25) is 0 Å². The largest absolute Gasteiger partial charge is 0.375 e. The number of morpholine rings is 1. The third kappa shape index (κ3) is 4.57. The Morgan fingerprint density at radius 2 is 2.21 bits per heavy atom. The van der Waals surface area contributed by atoms with Gasteiger partial charge in [-0.1, -0.05) is 0 Å². The van der Waals surface area contributed by atoms with Gasteiger partial charge >= 0.3 is 0 Å². The Kier molecular flexibility index (Phi) is 7.69. The molecule has 1 aromatic heterocycles. The van der Waals surface area contributed by atoms with Gasteiger partial charge in [-0.05, 0) is 19.8 Å². The van der Waals surface area contributed by atoms with Gasteiger partial charge in [-0.25, -0.2) is 0 Å².